The molecule has 6 heteroatoms. The first-order valence-electron chi connectivity index (χ1n) is 4.32. The van der Waals surface area contributed by atoms with E-state index in [1.54, 1.807) is 6.92 Å². The van der Waals surface area contributed by atoms with Crippen molar-refractivity contribution in [2.24, 2.45) is 0 Å². The SMILES string of the molecule is CCC(O)C(=O)ON1C(=O)CCC1=O. The molecule has 1 N–H and O–H groups in total. The summed E-state index contributed by atoms with van der Waals surface area (Å²) >= 11 is 0. The maximum atomic E-state index is 11.0. The molecule has 0 bridgehead atoms. The number of carbonyl (C=O) groups excluding carboxylic acids is 3. The lowest BCUT2D eigenvalue weighted by molar-refractivity contribution is -0.203. The van der Waals surface area contributed by atoms with Crippen molar-refractivity contribution >= 4 is 17.8 Å². The highest BCUT2D eigenvalue weighted by Gasteiger charge is 2.33. The van der Waals surface area contributed by atoms with Crippen LogP contribution in [0.4, 0.5) is 0 Å². The van der Waals surface area contributed by atoms with Crippen molar-refractivity contribution in [3.8, 4) is 0 Å². The van der Waals surface area contributed by atoms with E-state index in [0.717, 1.165) is 0 Å². The first-order valence-corrected chi connectivity index (χ1v) is 4.32. The molecule has 1 rings (SSSR count). The van der Waals surface area contributed by atoms with E-state index in [9.17, 15) is 14.4 Å². The zero-order chi connectivity index (χ0) is 10.7. The molecule has 1 saturated heterocycles. The lowest BCUT2D eigenvalue weighted by Gasteiger charge is -2.14. The molecule has 0 saturated carbocycles. The average molecular weight is 201 g/mol. The van der Waals surface area contributed by atoms with E-state index in [1.165, 1.54) is 0 Å². The Morgan fingerprint density at radius 2 is 2.00 bits per heavy atom. The minimum atomic E-state index is -1.30. The van der Waals surface area contributed by atoms with Crippen LogP contribution in [0.15, 0.2) is 0 Å². The molecule has 0 aliphatic carbocycles. The van der Waals surface area contributed by atoms with Crippen LogP contribution in [0, 0.1) is 0 Å². The van der Waals surface area contributed by atoms with Gasteiger partial charge in [-0.3, -0.25) is 9.59 Å². The van der Waals surface area contributed by atoms with Crippen LogP contribution in [0.5, 0.6) is 0 Å². The molecular formula is C8H11NO5. The van der Waals surface area contributed by atoms with Crippen molar-refractivity contribution in [1.29, 1.82) is 0 Å². The van der Waals surface area contributed by atoms with Crippen molar-refractivity contribution in [2.45, 2.75) is 32.3 Å². The van der Waals surface area contributed by atoms with E-state index in [-0.39, 0.29) is 19.3 Å². The van der Waals surface area contributed by atoms with Gasteiger partial charge in [-0.15, -0.1) is 5.06 Å². The summed E-state index contributed by atoms with van der Waals surface area (Å²) in [5, 5.41) is 9.45. The molecule has 78 valence electrons. The number of hydrogen-bond donors (Lipinski definition) is 1. The number of imide groups is 1. The number of amides is 2. The van der Waals surface area contributed by atoms with Crippen LogP contribution in [-0.2, 0) is 19.2 Å². The molecule has 0 aromatic carbocycles. The maximum absolute atomic E-state index is 11.0. The van der Waals surface area contributed by atoms with Crippen LogP contribution >= 0.6 is 0 Å². The average Bonchev–Trinajstić information content (AvgIpc) is 2.48. The molecule has 6 nitrogen and oxygen atoms in total. The Hall–Kier alpha value is -1.43. The summed E-state index contributed by atoms with van der Waals surface area (Å²) in [5.41, 5.74) is 0. The predicted molar refractivity (Wildman–Crippen MR) is 43.5 cm³/mol. The van der Waals surface area contributed by atoms with Gasteiger partial charge in [-0.05, 0) is 6.42 Å². The minimum absolute atomic E-state index is 0.0499. The number of nitrogens with zero attached hydrogens (tertiary/aromatic N) is 1. The van der Waals surface area contributed by atoms with Crippen molar-refractivity contribution < 1.29 is 24.3 Å². The van der Waals surface area contributed by atoms with Crippen LogP contribution in [0.1, 0.15) is 26.2 Å². The minimum Gasteiger partial charge on any atom is -0.381 e. The van der Waals surface area contributed by atoms with Crippen LogP contribution in [0.2, 0.25) is 0 Å². The second kappa shape index (κ2) is 4.19. The fourth-order valence-corrected chi connectivity index (χ4v) is 0.975. The van der Waals surface area contributed by atoms with Gasteiger partial charge in [0.2, 0.25) is 0 Å². The monoisotopic (exact) mass is 201 g/mol. The smallest absolute Gasteiger partial charge is 0.361 e. The van der Waals surface area contributed by atoms with E-state index in [1.807, 2.05) is 0 Å². The van der Waals surface area contributed by atoms with Crippen molar-refractivity contribution in [3.63, 3.8) is 0 Å². The fraction of sp³-hybridized carbons (Fsp3) is 0.625. The molecule has 1 heterocycles. The lowest BCUT2D eigenvalue weighted by atomic mass is 10.3. The summed E-state index contributed by atoms with van der Waals surface area (Å²) in [5.74, 6) is -2.07. The first-order chi connectivity index (χ1) is 6.56. The number of hydroxylamine groups is 2. The first kappa shape index (κ1) is 10.6. The van der Waals surface area contributed by atoms with Gasteiger partial charge in [0, 0.05) is 12.8 Å². The van der Waals surface area contributed by atoms with Gasteiger partial charge in [0.05, 0.1) is 0 Å². The van der Waals surface area contributed by atoms with Crippen LogP contribution in [0.3, 0.4) is 0 Å². The topological polar surface area (TPSA) is 83.9 Å². The molecule has 0 spiro atoms. The summed E-state index contributed by atoms with van der Waals surface area (Å²) in [6, 6.07) is 0. The molecule has 0 radical (unpaired) electrons. The Morgan fingerprint density at radius 1 is 1.50 bits per heavy atom. The quantitative estimate of drug-likeness (QED) is 0.614. The largest absolute Gasteiger partial charge is 0.381 e. The van der Waals surface area contributed by atoms with Gasteiger partial charge in [0.25, 0.3) is 11.8 Å². The second-order valence-corrected chi connectivity index (χ2v) is 2.92. The fourth-order valence-electron chi connectivity index (χ4n) is 0.975. The highest BCUT2D eigenvalue weighted by molar-refractivity contribution is 6.01. The van der Waals surface area contributed by atoms with Crippen LogP contribution < -0.4 is 0 Å². The van der Waals surface area contributed by atoms with Gasteiger partial charge in [-0.2, -0.15) is 0 Å². The van der Waals surface area contributed by atoms with E-state index >= 15 is 0 Å². The Kier molecular flexibility index (Phi) is 3.19. The molecular weight excluding hydrogens is 190 g/mol. The van der Waals surface area contributed by atoms with Gasteiger partial charge >= 0.3 is 5.97 Å². The molecule has 1 fully saturated rings. The van der Waals surface area contributed by atoms with Gasteiger partial charge in [0.1, 0.15) is 0 Å². The van der Waals surface area contributed by atoms with Crippen molar-refractivity contribution in [1.82, 2.24) is 5.06 Å². The Labute approximate surface area is 80.4 Å². The summed E-state index contributed by atoms with van der Waals surface area (Å²) in [6.45, 7) is 1.58. The van der Waals surface area contributed by atoms with Gasteiger partial charge < -0.3 is 9.94 Å². The van der Waals surface area contributed by atoms with Gasteiger partial charge in [0.15, 0.2) is 6.10 Å². The summed E-state index contributed by atoms with van der Waals surface area (Å²) in [6.07, 6.45) is -1.02. The Balaban J connectivity index is 2.55. The summed E-state index contributed by atoms with van der Waals surface area (Å²) in [7, 11) is 0. The maximum Gasteiger partial charge on any atom is 0.361 e. The van der Waals surface area contributed by atoms with Crippen molar-refractivity contribution in [3.05, 3.63) is 0 Å². The highest BCUT2D eigenvalue weighted by Crippen LogP contribution is 2.12. The van der Waals surface area contributed by atoms with Crippen molar-refractivity contribution in [2.75, 3.05) is 0 Å². The van der Waals surface area contributed by atoms with E-state index in [4.69, 9.17) is 5.11 Å². The predicted octanol–water partition coefficient (Wildman–Crippen LogP) is -0.636. The third-order valence-electron chi connectivity index (χ3n) is 1.85. The molecule has 2 amide bonds. The Morgan fingerprint density at radius 3 is 2.43 bits per heavy atom. The number of rotatable bonds is 3. The third kappa shape index (κ3) is 2.08. The molecule has 1 aliphatic heterocycles. The molecule has 1 unspecified atom stereocenters. The number of aliphatic hydroxyl groups excluding tert-OH is 1. The van der Waals surface area contributed by atoms with E-state index < -0.39 is 23.9 Å². The molecule has 0 aromatic rings. The second-order valence-electron chi connectivity index (χ2n) is 2.92. The lowest BCUT2D eigenvalue weighted by Crippen LogP contribution is -2.36. The van der Waals surface area contributed by atoms with Crippen LogP contribution in [-0.4, -0.2) is 34.1 Å². The summed E-state index contributed by atoms with van der Waals surface area (Å²) < 4.78 is 0. The van der Waals surface area contributed by atoms with Gasteiger partial charge in [-0.1, -0.05) is 6.92 Å². The normalized spacial score (nSPS) is 18.6. The molecule has 0 aromatic heterocycles. The highest BCUT2D eigenvalue weighted by atomic mass is 16.7. The van der Waals surface area contributed by atoms with E-state index in [2.05, 4.69) is 4.84 Å². The number of aliphatic hydroxyl groups is 1. The van der Waals surface area contributed by atoms with Gasteiger partial charge in [-0.25, -0.2) is 4.79 Å². The zero-order valence-corrected chi connectivity index (χ0v) is 7.73. The van der Waals surface area contributed by atoms with E-state index in [0.29, 0.717) is 5.06 Å². The summed E-state index contributed by atoms with van der Waals surface area (Å²) in [4.78, 5) is 37.4. The zero-order valence-electron chi connectivity index (χ0n) is 7.73. The standard InChI is InChI=1S/C8H11NO5/c1-2-5(10)8(13)14-9-6(11)3-4-7(9)12/h5,10H,2-4H2,1H3. The Bertz CT molecular complexity index is 259. The molecule has 1 aliphatic rings. The number of carbonyl (C=O) groups is 3. The third-order valence-corrected chi connectivity index (χ3v) is 1.85. The van der Waals surface area contributed by atoms with Crippen LogP contribution in [0.25, 0.3) is 0 Å². The number of hydrogen-bond acceptors (Lipinski definition) is 5. The molecule has 1 atom stereocenters. The molecule has 14 heavy (non-hydrogen) atoms.